The van der Waals surface area contributed by atoms with Crippen LogP contribution in [0, 0.1) is 0 Å². The average molecular weight is 265 g/mol. The number of hydrogen-bond acceptors (Lipinski definition) is 7. The second-order valence-corrected chi connectivity index (χ2v) is 6.91. The largest absolute Gasteiger partial charge is 0.521 e. The van der Waals surface area contributed by atoms with Crippen molar-refractivity contribution in [2.24, 2.45) is 4.40 Å². The van der Waals surface area contributed by atoms with Crippen molar-refractivity contribution in [2.75, 3.05) is 20.5 Å². The fraction of sp³-hybridized carbons (Fsp3) is 0.375. The van der Waals surface area contributed by atoms with Crippen LogP contribution in [-0.4, -0.2) is 38.3 Å². The van der Waals surface area contributed by atoms with Crippen LogP contribution < -0.4 is 0 Å². The Labute approximate surface area is 98.1 Å². The van der Waals surface area contributed by atoms with Gasteiger partial charge < -0.3 is 13.7 Å². The highest BCUT2D eigenvalue weighted by molar-refractivity contribution is 8.93. The molecule has 0 saturated carbocycles. The van der Waals surface area contributed by atoms with Crippen molar-refractivity contribution < 1.29 is 23.2 Å². The van der Waals surface area contributed by atoms with Gasteiger partial charge in [-0.2, -0.15) is 4.40 Å². The molecule has 0 saturated heterocycles. The summed E-state index contributed by atoms with van der Waals surface area (Å²) >= 11 is 0. The summed E-state index contributed by atoms with van der Waals surface area (Å²) in [7, 11) is 1.53. The van der Waals surface area contributed by atoms with E-state index >= 15 is 0 Å². The molecule has 90 valence electrons. The third-order valence-corrected chi connectivity index (χ3v) is 5.59. The van der Waals surface area contributed by atoms with Crippen LogP contribution in [0.1, 0.15) is 0 Å². The maximum absolute atomic E-state index is 11.2. The summed E-state index contributed by atoms with van der Waals surface area (Å²) in [4.78, 5) is 22.2. The highest BCUT2D eigenvalue weighted by Gasteiger charge is 2.31. The predicted molar refractivity (Wildman–Crippen MR) is 63.2 cm³/mol. The van der Waals surface area contributed by atoms with Gasteiger partial charge >= 0.3 is 12.1 Å². The lowest BCUT2D eigenvalue weighted by Gasteiger charge is -2.24. The van der Waals surface area contributed by atoms with E-state index in [1.807, 2.05) is 0 Å². The second kappa shape index (κ2) is 5.26. The molecule has 0 radical (unpaired) electrons. The van der Waals surface area contributed by atoms with Crippen LogP contribution in [0.25, 0.3) is 0 Å². The molecule has 1 atom stereocenters. The van der Waals surface area contributed by atoms with Crippen LogP contribution in [0.2, 0.25) is 0 Å². The zero-order valence-corrected chi connectivity index (χ0v) is 10.6. The zero-order chi connectivity index (χ0) is 12.2. The van der Waals surface area contributed by atoms with Crippen molar-refractivity contribution >= 4 is 38.2 Å². The fourth-order valence-corrected chi connectivity index (χ4v) is 3.58. The molecule has 1 unspecified atom stereocenters. The molecule has 0 spiro atoms. The number of ether oxygens (including phenoxy) is 2. The summed E-state index contributed by atoms with van der Waals surface area (Å²) in [5.74, 6) is -0.562. The Hall–Kier alpha value is -1.15. The first-order chi connectivity index (χ1) is 7.56. The van der Waals surface area contributed by atoms with E-state index in [1.54, 1.807) is 11.7 Å². The molecule has 0 amide bonds. The maximum atomic E-state index is 11.2. The normalized spacial score (nSPS) is 26.6. The van der Waals surface area contributed by atoms with Gasteiger partial charge in [0, 0.05) is 5.41 Å². The molecule has 0 aromatic heterocycles. The van der Waals surface area contributed by atoms with E-state index in [4.69, 9.17) is 4.18 Å². The predicted octanol–water partition coefficient (Wildman–Crippen LogP) is 1.82. The van der Waals surface area contributed by atoms with Gasteiger partial charge in [0.1, 0.15) is 0 Å². The number of nitrogens with zero attached hydrogens (tertiary/aromatic N) is 1. The van der Waals surface area contributed by atoms with Crippen molar-refractivity contribution in [3.8, 4) is 0 Å². The van der Waals surface area contributed by atoms with Crippen molar-refractivity contribution in [1.82, 2.24) is 0 Å². The molecule has 0 fully saturated rings. The zero-order valence-electron chi connectivity index (χ0n) is 8.96. The van der Waals surface area contributed by atoms with E-state index in [9.17, 15) is 9.59 Å². The lowest BCUT2D eigenvalue weighted by molar-refractivity contribution is -0.132. The Morgan fingerprint density at radius 2 is 2.06 bits per heavy atom. The summed E-state index contributed by atoms with van der Waals surface area (Å²) in [5, 5.41) is 1.57. The molecular formula is C8H11NO5S2. The van der Waals surface area contributed by atoms with Crippen molar-refractivity contribution in [3.63, 3.8) is 0 Å². The van der Waals surface area contributed by atoms with Gasteiger partial charge in [0.15, 0.2) is 5.71 Å². The summed E-state index contributed by atoms with van der Waals surface area (Å²) in [6.07, 6.45) is 2.37. The SMILES string of the molecule is COC(=O)OS1(SC)C=CC(C(=O)OC)=N1. The number of methoxy groups -OCH3 is 2. The van der Waals surface area contributed by atoms with Crippen LogP contribution in [0.15, 0.2) is 15.9 Å². The molecule has 0 aromatic carbocycles. The smallest absolute Gasteiger partial charge is 0.464 e. The molecule has 6 nitrogen and oxygen atoms in total. The minimum absolute atomic E-state index is 0.135. The molecule has 1 heterocycles. The van der Waals surface area contributed by atoms with Gasteiger partial charge in [-0.3, -0.25) is 0 Å². The van der Waals surface area contributed by atoms with E-state index in [-0.39, 0.29) is 5.71 Å². The van der Waals surface area contributed by atoms with Gasteiger partial charge in [0.25, 0.3) is 0 Å². The fourth-order valence-electron chi connectivity index (χ4n) is 0.863. The van der Waals surface area contributed by atoms with Crippen LogP contribution in [0.4, 0.5) is 4.79 Å². The monoisotopic (exact) mass is 265 g/mol. The van der Waals surface area contributed by atoms with Gasteiger partial charge in [0.2, 0.25) is 0 Å². The average Bonchev–Trinajstić information content (AvgIpc) is 2.72. The minimum Gasteiger partial charge on any atom is -0.464 e. The first kappa shape index (κ1) is 12.9. The van der Waals surface area contributed by atoms with Crippen LogP contribution in [0.3, 0.4) is 0 Å². The van der Waals surface area contributed by atoms with Gasteiger partial charge in [0.05, 0.1) is 23.7 Å². The number of rotatable bonds is 3. The summed E-state index contributed by atoms with van der Waals surface area (Å²) in [6.45, 7) is 0. The molecule has 1 rings (SSSR count). The Balaban J connectivity index is 2.86. The van der Waals surface area contributed by atoms with E-state index in [0.29, 0.717) is 0 Å². The molecule has 1 aliphatic heterocycles. The molecule has 16 heavy (non-hydrogen) atoms. The minimum atomic E-state index is -2.17. The maximum Gasteiger partial charge on any atom is 0.521 e. The number of carbonyl (C=O) groups excluding carboxylic acids is 2. The third kappa shape index (κ3) is 2.70. The van der Waals surface area contributed by atoms with Gasteiger partial charge in [-0.1, -0.05) is 10.8 Å². The molecule has 0 N–H and O–H groups in total. The van der Waals surface area contributed by atoms with E-state index in [2.05, 4.69) is 13.9 Å². The molecular weight excluding hydrogens is 254 g/mol. The van der Waals surface area contributed by atoms with Crippen molar-refractivity contribution in [1.29, 1.82) is 0 Å². The highest BCUT2D eigenvalue weighted by atomic mass is 33.2. The molecule has 8 heteroatoms. The van der Waals surface area contributed by atoms with Crippen LogP contribution >= 0.6 is 20.3 Å². The number of carbonyl (C=O) groups is 2. The van der Waals surface area contributed by atoms with Crippen molar-refractivity contribution in [3.05, 3.63) is 11.5 Å². The number of hydrogen-bond donors (Lipinski definition) is 0. The number of esters is 1. The Morgan fingerprint density at radius 3 is 2.56 bits per heavy atom. The van der Waals surface area contributed by atoms with Gasteiger partial charge in [-0.25, -0.2) is 9.59 Å². The van der Waals surface area contributed by atoms with Crippen LogP contribution in [0.5, 0.6) is 0 Å². The molecule has 1 aliphatic rings. The quantitative estimate of drug-likeness (QED) is 0.572. The molecule has 0 bridgehead atoms. The molecule has 0 aliphatic carbocycles. The first-order valence-electron chi connectivity index (χ1n) is 4.09. The second-order valence-electron chi connectivity index (χ2n) is 2.49. The lowest BCUT2D eigenvalue weighted by Crippen LogP contribution is -2.12. The van der Waals surface area contributed by atoms with Crippen molar-refractivity contribution in [2.45, 2.75) is 0 Å². The van der Waals surface area contributed by atoms with Gasteiger partial charge in [-0.05, 0) is 12.3 Å². The lowest BCUT2D eigenvalue weighted by atomic mass is 10.4. The Morgan fingerprint density at radius 1 is 1.38 bits per heavy atom. The highest BCUT2D eigenvalue weighted by Crippen LogP contribution is 2.64. The summed E-state index contributed by atoms with van der Waals surface area (Å²) in [5.41, 5.74) is 0.135. The Kier molecular flexibility index (Phi) is 4.25. The third-order valence-electron chi connectivity index (χ3n) is 1.61. The first-order valence-corrected chi connectivity index (χ1v) is 7.41. The van der Waals surface area contributed by atoms with E-state index in [1.165, 1.54) is 31.1 Å². The topological polar surface area (TPSA) is 74.2 Å². The standard InChI is InChI=1S/C8H11NO5S2/c1-12-7(10)6-4-5-16(9-6,15-3)14-8(11)13-2/h4-5H,1-3H3. The van der Waals surface area contributed by atoms with Gasteiger partial charge in [-0.15, -0.1) is 0 Å². The molecule has 0 aromatic rings. The summed E-state index contributed by atoms with van der Waals surface area (Å²) < 4.78 is 18.0. The Bertz CT molecular complexity index is 367. The van der Waals surface area contributed by atoms with E-state index < -0.39 is 21.7 Å². The van der Waals surface area contributed by atoms with E-state index in [0.717, 1.165) is 0 Å². The summed E-state index contributed by atoms with van der Waals surface area (Å²) in [6, 6.07) is 0. The van der Waals surface area contributed by atoms with Crippen LogP contribution in [-0.2, 0) is 18.5 Å².